The summed E-state index contributed by atoms with van der Waals surface area (Å²) in [4.78, 5) is 25.2. The molecule has 6 heteroatoms. The fourth-order valence-electron chi connectivity index (χ4n) is 2.60. The third-order valence-electron chi connectivity index (χ3n) is 3.96. The van der Waals surface area contributed by atoms with Gasteiger partial charge in [0, 0.05) is 25.2 Å². The summed E-state index contributed by atoms with van der Waals surface area (Å²) in [5.41, 5.74) is 7.80. The van der Waals surface area contributed by atoms with Crippen LogP contribution in [-0.2, 0) is 13.1 Å². The molecular weight excluding hydrogens is 328 g/mol. The van der Waals surface area contributed by atoms with E-state index >= 15 is 0 Å². The number of nitrogens with two attached hydrogens (primary N) is 1. The highest BCUT2D eigenvalue weighted by atomic mass is 16.2. The minimum absolute atomic E-state index is 0.222. The van der Waals surface area contributed by atoms with Crippen LogP contribution in [0.4, 0.5) is 4.79 Å². The Kier molecular flexibility index (Phi) is 7.64. The van der Waals surface area contributed by atoms with Crippen molar-refractivity contribution in [2.24, 2.45) is 5.73 Å². The van der Waals surface area contributed by atoms with Crippen LogP contribution in [0.15, 0.2) is 54.6 Å². The second-order valence-electron chi connectivity index (χ2n) is 6.25. The summed E-state index contributed by atoms with van der Waals surface area (Å²) in [5, 5.41) is 5.62. The Morgan fingerprint density at radius 2 is 1.73 bits per heavy atom. The summed E-state index contributed by atoms with van der Waals surface area (Å²) in [6.45, 7) is 2.74. The second-order valence-corrected chi connectivity index (χ2v) is 6.25. The molecule has 4 N–H and O–H groups in total. The molecule has 0 aliphatic rings. The fraction of sp³-hybridized carbons (Fsp3) is 0.300. The van der Waals surface area contributed by atoms with Gasteiger partial charge in [-0.05, 0) is 43.3 Å². The Bertz CT molecular complexity index is 719. The van der Waals surface area contributed by atoms with E-state index in [4.69, 9.17) is 5.73 Å². The van der Waals surface area contributed by atoms with Gasteiger partial charge >= 0.3 is 6.03 Å². The van der Waals surface area contributed by atoms with E-state index in [9.17, 15) is 9.59 Å². The lowest BCUT2D eigenvalue weighted by Crippen LogP contribution is -2.36. The number of carbonyl (C=O) groups is 2. The van der Waals surface area contributed by atoms with E-state index in [0.717, 1.165) is 25.1 Å². The molecule has 0 bridgehead atoms. The molecule has 0 radical (unpaired) electrons. The van der Waals surface area contributed by atoms with Gasteiger partial charge in [-0.3, -0.25) is 4.79 Å². The molecular formula is C20H26N4O2. The van der Waals surface area contributed by atoms with Crippen molar-refractivity contribution in [1.82, 2.24) is 15.5 Å². The molecule has 0 saturated heterocycles. The summed E-state index contributed by atoms with van der Waals surface area (Å²) < 4.78 is 0. The van der Waals surface area contributed by atoms with Gasteiger partial charge in [-0.2, -0.15) is 0 Å². The average molecular weight is 354 g/mol. The van der Waals surface area contributed by atoms with E-state index in [1.54, 1.807) is 18.2 Å². The number of rotatable bonds is 9. The Balaban J connectivity index is 1.61. The van der Waals surface area contributed by atoms with Crippen LogP contribution in [0, 0.1) is 0 Å². The summed E-state index contributed by atoms with van der Waals surface area (Å²) in [7, 11) is 2.07. The predicted molar refractivity (Wildman–Crippen MR) is 103 cm³/mol. The van der Waals surface area contributed by atoms with Crippen LogP contribution in [0.3, 0.4) is 0 Å². The van der Waals surface area contributed by atoms with Gasteiger partial charge in [0.25, 0.3) is 0 Å². The molecule has 138 valence electrons. The Labute approximate surface area is 154 Å². The highest BCUT2D eigenvalue weighted by Gasteiger charge is 2.04. The summed E-state index contributed by atoms with van der Waals surface area (Å²) in [6.07, 6.45) is 0.869. The van der Waals surface area contributed by atoms with Crippen molar-refractivity contribution < 1.29 is 9.59 Å². The van der Waals surface area contributed by atoms with E-state index in [-0.39, 0.29) is 6.03 Å². The molecule has 0 heterocycles. The van der Waals surface area contributed by atoms with Crippen LogP contribution >= 0.6 is 0 Å². The van der Waals surface area contributed by atoms with E-state index < -0.39 is 5.91 Å². The summed E-state index contributed by atoms with van der Waals surface area (Å²) in [5.74, 6) is -0.476. The molecule has 6 nitrogen and oxygen atoms in total. The molecule has 26 heavy (non-hydrogen) atoms. The van der Waals surface area contributed by atoms with E-state index in [1.165, 1.54) is 5.56 Å². The summed E-state index contributed by atoms with van der Waals surface area (Å²) >= 11 is 0. The normalized spacial score (nSPS) is 10.5. The fourth-order valence-corrected chi connectivity index (χ4v) is 2.60. The number of primary amides is 1. The number of urea groups is 1. The Morgan fingerprint density at radius 1 is 1.00 bits per heavy atom. The highest BCUT2D eigenvalue weighted by molar-refractivity contribution is 5.92. The number of nitrogens with one attached hydrogen (secondary N) is 2. The maximum atomic E-state index is 11.8. The first-order valence-electron chi connectivity index (χ1n) is 8.67. The highest BCUT2D eigenvalue weighted by Crippen LogP contribution is 2.04. The van der Waals surface area contributed by atoms with Crippen LogP contribution in [0.2, 0.25) is 0 Å². The lowest BCUT2D eigenvalue weighted by Gasteiger charge is -2.16. The van der Waals surface area contributed by atoms with Crippen LogP contribution < -0.4 is 16.4 Å². The lowest BCUT2D eigenvalue weighted by molar-refractivity contribution is 0.1000. The van der Waals surface area contributed by atoms with Gasteiger partial charge in [-0.15, -0.1) is 0 Å². The van der Waals surface area contributed by atoms with Crippen LogP contribution in [0.5, 0.6) is 0 Å². The maximum Gasteiger partial charge on any atom is 0.315 e. The van der Waals surface area contributed by atoms with Crippen molar-refractivity contribution in [1.29, 1.82) is 0 Å². The van der Waals surface area contributed by atoms with E-state index in [2.05, 4.69) is 34.7 Å². The maximum absolute atomic E-state index is 11.8. The third-order valence-corrected chi connectivity index (χ3v) is 3.96. The van der Waals surface area contributed by atoms with Gasteiger partial charge in [0.05, 0.1) is 0 Å². The van der Waals surface area contributed by atoms with Crippen molar-refractivity contribution in [3.8, 4) is 0 Å². The number of hydrogen-bond acceptors (Lipinski definition) is 3. The van der Waals surface area contributed by atoms with Crippen molar-refractivity contribution in [3.63, 3.8) is 0 Å². The van der Waals surface area contributed by atoms with Gasteiger partial charge in [0.2, 0.25) is 5.91 Å². The van der Waals surface area contributed by atoms with Crippen molar-refractivity contribution in [2.45, 2.75) is 19.5 Å². The number of hydrogen-bond donors (Lipinski definition) is 3. The lowest BCUT2D eigenvalue weighted by atomic mass is 10.1. The average Bonchev–Trinajstić information content (AvgIpc) is 2.64. The summed E-state index contributed by atoms with van der Waals surface area (Å²) in [6, 6.07) is 17.0. The van der Waals surface area contributed by atoms with Gasteiger partial charge in [0.15, 0.2) is 0 Å². The van der Waals surface area contributed by atoms with Gasteiger partial charge < -0.3 is 21.3 Å². The second kappa shape index (κ2) is 10.2. The zero-order valence-electron chi connectivity index (χ0n) is 15.1. The quantitative estimate of drug-likeness (QED) is 0.603. The molecule has 0 spiro atoms. The third kappa shape index (κ3) is 6.94. The molecule has 0 aliphatic heterocycles. The van der Waals surface area contributed by atoms with E-state index in [0.29, 0.717) is 18.7 Å². The predicted octanol–water partition coefficient (Wildman–Crippen LogP) is 2.11. The van der Waals surface area contributed by atoms with Gasteiger partial charge in [0.1, 0.15) is 0 Å². The topological polar surface area (TPSA) is 87.5 Å². The minimum Gasteiger partial charge on any atom is -0.366 e. The smallest absolute Gasteiger partial charge is 0.315 e. The first-order chi connectivity index (χ1) is 12.5. The SMILES string of the molecule is CN(CCCNC(=O)NCc1cccc(C(N)=O)c1)Cc1ccccc1. The Hall–Kier alpha value is -2.86. The van der Waals surface area contributed by atoms with Gasteiger partial charge in [-0.25, -0.2) is 4.79 Å². The van der Waals surface area contributed by atoms with Crippen LogP contribution in [0.1, 0.15) is 27.9 Å². The number of carbonyl (C=O) groups excluding carboxylic acids is 2. The molecule has 0 atom stereocenters. The standard InChI is InChI=1S/C20H26N4O2/c1-24(15-16-7-3-2-4-8-16)12-6-11-22-20(26)23-14-17-9-5-10-18(13-17)19(21)25/h2-5,7-10,13H,6,11-12,14-15H2,1H3,(H2,21,25)(H2,22,23,26). The number of benzene rings is 2. The number of amides is 3. The van der Waals surface area contributed by atoms with Crippen LogP contribution in [0.25, 0.3) is 0 Å². The minimum atomic E-state index is -0.476. The zero-order valence-corrected chi connectivity index (χ0v) is 15.1. The first-order valence-corrected chi connectivity index (χ1v) is 8.67. The zero-order chi connectivity index (χ0) is 18.8. The molecule has 3 amide bonds. The molecule has 0 unspecified atom stereocenters. The molecule has 2 aromatic rings. The first kappa shape index (κ1) is 19.5. The monoisotopic (exact) mass is 354 g/mol. The van der Waals surface area contributed by atoms with Gasteiger partial charge in [-0.1, -0.05) is 42.5 Å². The molecule has 0 saturated carbocycles. The molecule has 0 aliphatic carbocycles. The molecule has 2 rings (SSSR count). The molecule has 0 aromatic heterocycles. The molecule has 0 fully saturated rings. The van der Waals surface area contributed by atoms with Crippen molar-refractivity contribution >= 4 is 11.9 Å². The van der Waals surface area contributed by atoms with Crippen LogP contribution in [-0.4, -0.2) is 37.0 Å². The van der Waals surface area contributed by atoms with E-state index in [1.807, 2.05) is 24.3 Å². The molecule has 2 aromatic carbocycles. The largest absolute Gasteiger partial charge is 0.366 e. The Morgan fingerprint density at radius 3 is 2.46 bits per heavy atom. The number of nitrogens with zero attached hydrogens (tertiary/aromatic N) is 1. The van der Waals surface area contributed by atoms with Crippen molar-refractivity contribution in [3.05, 3.63) is 71.3 Å². The van der Waals surface area contributed by atoms with Crippen molar-refractivity contribution in [2.75, 3.05) is 20.1 Å².